The lowest BCUT2D eigenvalue weighted by Gasteiger charge is -2.31. The molecule has 2 aromatic heterocycles. The minimum absolute atomic E-state index is 0.0359. The molecule has 0 radical (unpaired) electrons. The van der Waals surface area contributed by atoms with E-state index in [1.54, 1.807) is 39.9 Å². The first-order valence-electron chi connectivity index (χ1n) is 11.1. The lowest BCUT2D eigenvalue weighted by atomic mass is 10.0. The minimum atomic E-state index is -0.202. The maximum absolute atomic E-state index is 13.3. The second kappa shape index (κ2) is 9.57. The Balaban J connectivity index is 1.33. The molecule has 172 valence electrons. The van der Waals surface area contributed by atoms with Crippen LogP contribution in [0.2, 0.25) is 5.02 Å². The Morgan fingerprint density at radius 2 is 1.71 bits per heavy atom. The molecule has 7 nitrogen and oxygen atoms in total. The quantitative estimate of drug-likeness (QED) is 0.449. The van der Waals surface area contributed by atoms with Gasteiger partial charge in [-0.05, 0) is 55.3 Å². The molecule has 0 aliphatic carbocycles. The van der Waals surface area contributed by atoms with Crippen LogP contribution in [0.15, 0.2) is 83.5 Å². The number of furan rings is 1. The van der Waals surface area contributed by atoms with Gasteiger partial charge in [0.1, 0.15) is 5.69 Å². The number of nitrogens with one attached hydrogen (secondary N) is 1. The molecule has 3 heterocycles. The van der Waals surface area contributed by atoms with E-state index in [0.717, 1.165) is 11.3 Å². The third kappa shape index (κ3) is 4.61. The first-order valence-corrected chi connectivity index (χ1v) is 11.5. The van der Waals surface area contributed by atoms with Gasteiger partial charge >= 0.3 is 0 Å². The molecule has 34 heavy (non-hydrogen) atoms. The second-order valence-corrected chi connectivity index (χ2v) is 8.62. The minimum Gasteiger partial charge on any atom is -0.459 e. The third-order valence-corrected chi connectivity index (χ3v) is 6.18. The Hall–Kier alpha value is -3.84. The van der Waals surface area contributed by atoms with Gasteiger partial charge in [0.05, 0.1) is 17.6 Å². The van der Waals surface area contributed by atoms with Crippen LogP contribution in [0.5, 0.6) is 0 Å². The topological polar surface area (TPSA) is 80.4 Å². The smallest absolute Gasteiger partial charge is 0.289 e. The van der Waals surface area contributed by atoms with Gasteiger partial charge in [0.25, 0.3) is 11.8 Å². The van der Waals surface area contributed by atoms with Crippen LogP contribution >= 0.6 is 11.6 Å². The molecule has 0 spiro atoms. The average Bonchev–Trinajstić information content (AvgIpc) is 3.56. The number of nitrogens with zero attached hydrogens (tertiary/aromatic N) is 3. The molecule has 4 aromatic rings. The fraction of sp³-hybridized carbons (Fsp3) is 0.192. The van der Waals surface area contributed by atoms with Gasteiger partial charge in [-0.3, -0.25) is 9.59 Å². The van der Waals surface area contributed by atoms with Crippen molar-refractivity contribution < 1.29 is 14.0 Å². The van der Waals surface area contributed by atoms with Crippen LogP contribution in [0.4, 0.5) is 0 Å². The Kier molecular flexibility index (Phi) is 6.18. The zero-order valence-corrected chi connectivity index (χ0v) is 19.1. The molecule has 5 rings (SSSR count). The number of halogens is 1. The number of aromatic nitrogens is 2. The molecular formula is C26H23ClN4O3. The molecule has 0 saturated carbocycles. The number of piperidine rings is 1. The van der Waals surface area contributed by atoms with Crippen molar-refractivity contribution in [2.75, 3.05) is 13.1 Å². The van der Waals surface area contributed by atoms with Gasteiger partial charge in [-0.25, -0.2) is 4.68 Å². The van der Waals surface area contributed by atoms with Gasteiger partial charge in [-0.1, -0.05) is 41.9 Å². The summed E-state index contributed by atoms with van der Waals surface area (Å²) in [7, 11) is 0. The van der Waals surface area contributed by atoms with E-state index in [-0.39, 0.29) is 17.9 Å². The number of benzene rings is 2. The summed E-state index contributed by atoms with van der Waals surface area (Å²) in [5.41, 5.74) is 2.80. The van der Waals surface area contributed by atoms with E-state index >= 15 is 0 Å². The first kappa shape index (κ1) is 22.0. The van der Waals surface area contributed by atoms with E-state index in [2.05, 4.69) is 5.32 Å². The first-order chi connectivity index (χ1) is 16.6. The molecule has 1 aliphatic rings. The molecule has 0 bridgehead atoms. The van der Waals surface area contributed by atoms with E-state index in [0.29, 0.717) is 48.1 Å². The van der Waals surface area contributed by atoms with Gasteiger partial charge in [0.2, 0.25) is 0 Å². The summed E-state index contributed by atoms with van der Waals surface area (Å²) in [5, 5.41) is 8.48. The normalized spacial score (nSPS) is 14.2. The van der Waals surface area contributed by atoms with Gasteiger partial charge in [0.15, 0.2) is 5.76 Å². The maximum atomic E-state index is 13.3. The Morgan fingerprint density at radius 3 is 2.38 bits per heavy atom. The zero-order valence-electron chi connectivity index (χ0n) is 18.4. The number of hydrogen-bond acceptors (Lipinski definition) is 4. The maximum Gasteiger partial charge on any atom is 0.289 e. The predicted octanol–water partition coefficient (Wildman–Crippen LogP) is 4.82. The monoisotopic (exact) mass is 474 g/mol. The molecule has 1 saturated heterocycles. The highest BCUT2D eigenvalue weighted by Gasteiger charge is 2.27. The van der Waals surface area contributed by atoms with E-state index in [1.165, 1.54) is 6.26 Å². The molecule has 1 N–H and O–H groups in total. The van der Waals surface area contributed by atoms with Crippen LogP contribution < -0.4 is 5.32 Å². The van der Waals surface area contributed by atoms with Crippen molar-refractivity contribution in [3.8, 4) is 16.9 Å². The van der Waals surface area contributed by atoms with Crippen molar-refractivity contribution in [3.05, 3.63) is 95.5 Å². The summed E-state index contributed by atoms with van der Waals surface area (Å²) in [5.74, 6) is 0.0147. The van der Waals surface area contributed by atoms with Gasteiger partial charge in [-0.2, -0.15) is 5.10 Å². The van der Waals surface area contributed by atoms with Crippen LogP contribution in [0.3, 0.4) is 0 Å². The number of amides is 2. The lowest BCUT2D eigenvalue weighted by Crippen LogP contribution is -2.46. The molecule has 1 fully saturated rings. The highest BCUT2D eigenvalue weighted by atomic mass is 35.5. The largest absolute Gasteiger partial charge is 0.459 e. The fourth-order valence-corrected chi connectivity index (χ4v) is 4.24. The van der Waals surface area contributed by atoms with E-state index < -0.39 is 0 Å². The zero-order chi connectivity index (χ0) is 23.5. The summed E-state index contributed by atoms with van der Waals surface area (Å²) in [6, 6.07) is 22.1. The number of carbonyl (C=O) groups excluding carboxylic acids is 2. The van der Waals surface area contributed by atoms with E-state index in [1.807, 2.05) is 42.5 Å². The van der Waals surface area contributed by atoms with Crippen molar-refractivity contribution in [3.63, 3.8) is 0 Å². The number of carbonyl (C=O) groups is 2. The third-order valence-electron chi connectivity index (χ3n) is 5.93. The van der Waals surface area contributed by atoms with E-state index in [4.69, 9.17) is 21.1 Å². The standard InChI is InChI=1S/C26H23ClN4O3/c27-19-10-8-18(9-11-19)22-17-23(31(29-22)21-5-2-1-3-6-21)25(32)28-20-12-14-30(15-13-20)26(33)24-7-4-16-34-24/h1-11,16-17,20H,12-15H2,(H,28,32). The van der Waals surface area contributed by atoms with Crippen LogP contribution in [0.25, 0.3) is 16.9 Å². The molecule has 0 unspecified atom stereocenters. The number of para-hydroxylation sites is 1. The van der Waals surface area contributed by atoms with Crippen LogP contribution in [0, 0.1) is 0 Å². The molecule has 0 atom stereocenters. The summed E-state index contributed by atoms with van der Waals surface area (Å²) in [4.78, 5) is 27.6. The molecule has 2 amide bonds. The Bertz CT molecular complexity index is 1280. The fourth-order valence-electron chi connectivity index (χ4n) is 4.11. The Labute approximate surface area is 201 Å². The average molecular weight is 475 g/mol. The molecule has 1 aliphatic heterocycles. The molecule has 2 aromatic carbocycles. The van der Waals surface area contributed by atoms with Crippen molar-refractivity contribution in [2.24, 2.45) is 0 Å². The van der Waals surface area contributed by atoms with Crippen molar-refractivity contribution >= 4 is 23.4 Å². The number of likely N-dealkylation sites (tertiary alicyclic amines) is 1. The number of hydrogen-bond donors (Lipinski definition) is 1. The van der Waals surface area contributed by atoms with Crippen molar-refractivity contribution in [2.45, 2.75) is 18.9 Å². The summed E-state index contributed by atoms with van der Waals surface area (Å²) < 4.78 is 6.88. The number of rotatable bonds is 5. The molecule has 8 heteroatoms. The Morgan fingerprint density at radius 1 is 0.971 bits per heavy atom. The van der Waals surface area contributed by atoms with Crippen molar-refractivity contribution in [1.29, 1.82) is 0 Å². The second-order valence-electron chi connectivity index (χ2n) is 8.19. The highest BCUT2D eigenvalue weighted by molar-refractivity contribution is 6.30. The summed E-state index contributed by atoms with van der Waals surface area (Å²) >= 11 is 6.03. The summed E-state index contributed by atoms with van der Waals surface area (Å²) in [6.45, 7) is 1.11. The van der Waals surface area contributed by atoms with Crippen LogP contribution in [-0.2, 0) is 0 Å². The van der Waals surface area contributed by atoms with Crippen molar-refractivity contribution in [1.82, 2.24) is 20.0 Å². The highest BCUT2D eigenvalue weighted by Crippen LogP contribution is 2.24. The van der Waals surface area contributed by atoms with Gasteiger partial charge < -0.3 is 14.6 Å². The summed E-state index contributed by atoms with van der Waals surface area (Å²) in [6.07, 6.45) is 2.83. The van der Waals surface area contributed by atoms with Gasteiger partial charge in [-0.15, -0.1) is 0 Å². The van der Waals surface area contributed by atoms with Crippen LogP contribution in [0.1, 0.15) is 33.9 Å². The van der Waals surface area contributed by atoms with Crippen LogP contribution in [-0.4, -0.2) is 45.6 Å². The SMILES string of the molecule is O=C(NC1CCN(C(=O)c2ccco2)CC1)c1cc(-c2ccc(Cl)cc2)nn1-c1ccccc1. The molecular weight excluding hydrogens is 452 g/mol. The lowest BCUT2D eigenvalue weighted by molar-refractivity contribution is 0.0667. The van der Waals surface area contributed by atoms with Gasteiger partial charge in [0, 0.05) is 29.7 Å². The predicted molar refractivity (Wildman–Crippen MR) is 129 cm³/mol. The van der Waals surface area contributed by atoms with E-state index in [9.17, 15) is 9.59 Å².